The van der Waals surface area contributed by atoms with Crippen molar-refractivity contribution in [3.05, 3.63) is 81.5 Å². The first-order valence-corrected chi connectivity index (χ1v) is 11.1. The lowest BCUT2D eigenvalue weighted by atomic mass is 9.96. The number of nitrogens with zero attached hydrogens (tertiary/aromatic N) is 2. The van der Waals surface area contributed by atoms with E-state index in [4.69, 9.17) is 4.42 Å². The van der Waals surface area contributed by atoms with Crippen LogP contribution in [0.25, 0.3) is 11.0 Å². The van der Waals surface area contributed by atoms with Crippen LogP contribution in [0.4, 0.5) is 4.39 Å². The number of rotatable bonds is 7. The number of halogens is 1. The first-order chi connectivity index (χ1) is 15.0. The van der Waals surface area contributed by atoms with Crippen LogP contribution in [0.5, 0.6) is 0 Å². The fraction of sp³-hybridized carbons (Fsp3) is 0.423. The molecule has 0 atom stereocenters. The molecule has 0 radical (unpaired) electrons. The van der Waals surface area contributed by atoms with Gasteiger partial charge in [-0.3, -0.25) is 4.79 Å². The van der Waals surface area contributed by atoms with Crippen LogP contribution >= 0.6 is 0 Å². The first-order valence-electron chi connectivity index (χ1n) is 11.1. The van der Waals surface area contributed by atoms with E-state index in [9.17, 15) is 9.18 Å². The van der Waals surface area contributed by atoms with Crippen molar-refractivity contribution in [1.29, 1.82) is 0 Å². The monoisotopic (exact) mass is 422 g/mol. The Hall–Kier alpha value is -2.50. The summed E-state index contributed by atoms with van der Waals surface area (Å²) in [5.74, 6) is 0.465. The Labute approximate surface area is 183 Å². The van der Waals surface area contributed by atoms with Crippen LogP contribution in [0.1, 0.15) is 29.5 Å². The second-order valence-electron chi connectivity index (χ2n) is 8.95. The third kappa shape index (κ3) is 5.60. The summed E-state index contributed by atoms with van der Waals surface area (Å²) in [6.07, 6.45) is 4.91. The predicted octanol–water partition coefficient (Wildman–Crippen LogP) is 4.63. The van der Waals surface area contributed by atoms with Gasteiger partial charge in [-0.05, 0) is 82.1 Å². The zero-order valence-corrected chi connectivity index (χ0v) is 18.4. The molecule has 1 aromatic heterocycles. The summed E-state index contributed by atoms with van der Waals surface area (Å²) in [4.78, 5) is 17.6. The molecule has 3 aromatic rings. The molecule has 2 heterocycles. The van der Waals surface area contributed by atoms with Gasteiger partial charge in [-0.2, -0.15) is 0 Å². The molecular weight excluding hydrogens is 391 g/mol. The molecule has 0 amide bonds. The van der Waals surface area contributed by atoms with Gasteiger partial charge in [0.25, 0.3) is 0 Å². The minimum Gasteiger partial charge on any atom is -0.464 e. The molecule has 1 aliphatic rings. The van der Waals surface area contributed by atoms with Crippen molar-refractivity contribution in [2.45, 2.75) is 32.7 Å². The van der Waals surface area contributed by atoms with Crippen LogP contribution < -0.4 is 5.43 Å². The van der Waals surface area contributed by atoms with E-state index in [1.807, 2.05) is 37.3 Å². The van der Waals surface area contributed by atoms with E-state index < -0.39 is 0 Å². The first kappa shape index (κ1) is 21.7. The third-order valence-electron chi connectivity index (χ3n) is 6.35. The Kier molecular flexibility index (Phi) is 6.83. The van der Waals surface area contributed by atoms with Gasteiger partial charge in [0.15, 0.2) is 5.43 Å². The van der Waals surface area contributed by atoms with Gasteiger partial charge in [0.05, 0.1) is 11.6 Å². The van der Waals surface area contributed by atoms with Crippen LogP contribution in [0.2, 0.25) is 0 Å². The van der Waals surface area contributed by atoms with E-state index >= 15 is 0 Å². The Morgan fingerprint density at radius 3 is 2.61 bits per heavy atom. The number of benzene rings is 2. The normalized spacial score (nSPS) is 15.7. The van der Waals surface area contributed by atoms with E-state index in [2.05, 4.69) is 16.8 Å². The molecule has 4 rings (SSSR count). The molecule has 0 bridgehead atoms. The fourth-order valence-electron chi connectivity index (χ4n) is 4.52. The minimum absolute atomic E-state index is 0.0763. The molecule has 1 saturated heterocycles. The topological polar surface area (TPSA) is 36.7 Å². The SMILES string of the molecule is Cc1ccc2occ(CN(C)CC3CCN(CCc4ccc(F)cc4)CC3)c(=O)c2c1. The lowest BCUT2D eigenvalue weighted by Crippen LogP contribution is -2.38. The summed E-state index contributed by atoms with van der Waals surface area (Å²) >= 11 is 0. The maximum atomic E-state index is 13.0. The molecule has 0 unspecified atom stereocenters. The van der Waals surface area contributed by atoms with Crippen LogP contribution in [-0.4, -0.2) is 43.0 Å². The van der Waals surface area contributed by atoms with Crippen LogP contribution in [0, 0.1) is 18.7 Å². The molecule has 0 spiro atoms. The van der Waals surface area contributed by atoms with Crippen molar-refractivity contribution in [2.75, 3.05) is 33.2 Å². The van der Waals surface area contributed by atoms with Crippen LogP contribution in [0.3, 0.4) is 0 Å². The van der Waals surface area contributed by atoms with Gasteiger partial charge < -0.3 is 14.2 Å². The van der Waals surface area contributed by atoms with Crippen LogP contribution in [-0.2, 0) is 13.0 Å². The van der Waals surface area contributed by atoms with Gasteiger partial charge in [0.2, 0.25) is 0 Å². The highest BCUT2D eigenvalue weighted by Gasteiger charge is 2.21. The van der Waals surface area contributed by atoms with Gasteiger partial charge in [0, 0.05) is 25.2 Å². The number of fused-ring (bicyclic) bond motifs is 1. The number of piperidine rings is 1. The molecule has 31 heavy (non-hydrogen) atoms. The Bertz CT molecular complexity index is 1070. The van der Waals surface area contributed by atoms with Crippen molar-refractivity contribution in [3.8, 4) is 0 Å². The zero-order valence-electron chi connectivity index (χ0n) is 18.4. The molecule has 5 heteroatoms. The summed E-state index contributed by atoms with van der Waals surface area (Å²) in [6.45, 7) is 6.79. The quantitative estimate of drug-likeness (QED) is 0.556. The second kappa shape index (κ2) is 9.75. The Balaban J connectivity index is 1.26. The van der Waals surface area contributed by atoms with Gasteiger partial charge in [0.1, 0.15) is 11.4 Å². The summed E-state index contributed by atoms with van der Waals surface area (Å²) in [6, 6.07) is 12.6. The highest BCUT2D eigenvalue weighted by atomic mass is 19.1. The van der Waals surface area contributed by atoms with Crippen molar-refractivity contribution < 1.29 is 8.81 Å². The van der Waals surface area contributed by atoms with Crippen molar-refractivity contribution in [1.82, 2.24) is 9.80 Å². The molecular formula is C26H31FN2O2. The lowest BCUT2D eigenvalue weighted by molar-refractivity contribution is 0.153. The molecule has 1 aliphatic heterocycles. The van der Waals surface area contributed by atoms with E-state index in [0.29, 0.717) is 23.4 Å². The average Bonchev–Trinajstić information content (AvgIpc) is 2.77. The summed E-state index contributed by atoms with van der Waals surface area (Å²) in [5.41, 5.74) is 3.70. The minimum atomic E-state index is -0.176. The number of aryl methyl sites for hydroxylation is 1. The maximum absolute atomic E-state index is 13.0. The van der Waals surface area contributed by atoms with E-state index in [1.165, 1.54) is 30.5 Å². The van der Waals surface area contributed by atoms with E-state index in [-0.39, 0.29) is 11.2 Å². The second-order valence-corrected chi connectivity index (χ2v) is 8.95. The van der Waals surface area contributed by atoms with Crippen molar-refractivity contribution in [2.24, 2.45) is 5.92 Å². The smallest absolute Gasteiger partial charge is 0.197 e. The summed E-state index contributed by atoms with van der Waals surface area (Å²) < 4.78 is 18.7. The number of hydrogen-bond donors (Lipinski definition) is 0. The molecule has 4 nitrogen and oxygen atoms in total. The highest BCUT2D eigenvalue weighted by molar-refractivity contribution is 5.77. The molecule has 0 saturated carbocycles. The third-order valence-corrected chi connectivity index (χ3v) is 6.35. The van der Waals surface area contributed by atoms with E-state index in [0.717, 1.165) is 43.7 Å². The Morgan fingerprint density at radius 1 is 1.13 bits per heavy atom. The highest BCUT2D eigenvalue weighted by Crippen LogP contribution is 2.20. The molecule has 1 fully saturated rings. The zero-order chi connectivity index (χ0) is 21.8. The lowest BCUT2D eigenvalue weighted by Gasteiger charge is -2.33. The van der Waals surface area contributed by atoms with Crippen LogP contribution in [0.15, 0.2) is 57.9 Å². The summed E-state index contributed by atoms with van der Waals surface area (Å²) in [5, 5.41) is 0.667. The Morgan fingerprint density at radius 2 is 1.87 bits per heavy atom. The largest absolute Gasteiger partial charge is 0.464 e. The molecule has 0 N–H and O–H groups in total. The van der Waals surface area contributed by atoms with Gasteiger partial charge in [-0.25, -0.2) is 4.39 Å². The molecule has 2 aromatic carbocycles. The van der Waals surface area contributed by atoms with Gasteiger partial charge in [-0.1, -0.05) is 23.8 Å². The molecule has 0 aliphatic carbocycles. The van der Waals surface area contributed by atoms with Crippen molar-refractivity contribution in [3.63, 3.8) is 0 Å². The standard InChI is InChI=1S/C26H31FN2O2/c1-19-3-8-25-24(15-19)26(30)22(18-31-25)17-28(2)16-21-10-13-29(14-11-21)12-9-20-4-6-23(27)7-5-20/h3-8,15,18,21H,9-14,16-17H2,1-2H3. The average molecular weight is 423 g/mol. The summed E-state index contributed by atoms with van der Waals surface area (Å²) in [7, 11) is 2.08. The molecule has 164 valence electrons. The van der Waals surface area contributed by atoms with Crippen molar-refractivity contribution >= 4 is 11.0 Å². The van der Waals surface area contributed by atoms with Gasteiger partial charge in [-0.15, -0.1) is 0 Å². The van der Waals surface area contributed by atoms with Gasteiger partial charge >= 0.3 is 0 Å². The van der Waals surface area contributed by atoms with E-state index in [1.54, 1.807) is 6.26 Å². The maximum Gasteiger partial charge on any atom is 0.197 e. The number of hydrogen-bond acceptors (Lipinski definition) is 4. The predicted molar refractivity (Wildman–Crippen MR) is 123 cm³/mol. The fourth-order valence-corrected chi connectivity index (χ4v) is 4.52. The number of likely N-dealkylation sites (tertiary alicyclic amines) is 1.